The van der Waals surface area contributed by atoms with Crippen LogP contribution in [0.5, 0.6) is 0 Å². The molecule has 1 heterocycles. The van der Waals surface area contributed by atoms with Gasteiger partial charge >= 0.3 is 0 Å². The minimum absolute atomic E-state index is 0.0391. The zero-order valence-electron chi connectivity index (χ0n) is 12.9. The van der Waals surface area contributed by atoms with Gasteiger partial charge in [-0.2, -0.15) is 0 Å². The van der Waals surface area contributed by atoms with Crippen LogP contribution < -0.4 is 10.6 Å². The zero-order valence-corrected chi connectivity index (χ0v) is 14.5. The van der Waals surface area contributed by atoms with E-state index in [1.54, 1.807) is 6.07 Å². The number of halogens is 2. The molecule has 0 bridgehead atoms. The summed E-state index contributed by atoms with van der Waals surface area (Å²) in [4.78, 5) is 6.91. The van der Waals surface area contributed by atoms with Crippen molar-refractivity contribution < 1.29 is 4.39 Å². The number of hydrogen-bond donors (Lipinski definition) is 0. The molecule has 0 saturated heterocycles. The highest BCUT2D eigenvalue weighted by molar-refractivity contribution is 9.10. The highest BCUT2D eigenvalue weighted by Gasteiger charge is 2.37. The molecule has 2 aromatic carbocycles. The zero-order chi connectivity index (χ0) is 16.0. The molecular formula is C19H18BrFN2. The van der Waals surface area contributed by atoms with E-state index in [1.165, 1.54) is 18.1 Å². The van der Waals surface area contributed by atoms with Gasteiger partial charge in [0, 0.05) is 27.9 Å². The maximum absolute atomic E-state index is 14.0. The Balaban J connectivity index is 1.73. The lowest BCUT2D eigenvalue weighted by molar-refractivity contribution is 0.132. The molecule has 3 atom stereocenters. The summed E-state index contributed by atoms with van der Waals surface area (Å²) >= 11 is 3.53. The van der Waals surface area contributed by atoms with E-state index < -0.39 is 0 Å². The molecule has 1 aliphatic heterocycles. The van der Waals surface area contributed by atoms with Gasteiger partial charge in [-0.1, -0.05) is 46.3 Å². The first-order valence-electron chi connectivity index (χ1n) is 8.01. The van der Waals surface area contributed by atoms with E-state index in [0.717, 1.165) is 16.1 Å². The standard InChI is InChI=1S/C19H18BrFN2/c1-12-22-19-15(16(20)8-9-17(19)21)11-23(12)18-10-7-14(18)13-5-3-2-4-6-13/h2-6,8-9,11-12,14,18H,7,10H2,1H3/t12?,14-,18+/m1/s1. The Bertz CT molecular complexity index is 850. The van der Waals surface area contributed by atoms with Gasteiger partial charge in [-0.3, -0.25) is 4.99 Å². The molecular weight excluding hydrogens is 355 g/mol. The number of benzene rings is 2. The Hall–Kier alpha value is -1.68. The Kier molecular flexibility index (Phi) is 3.72. The van der Waals surface area contributed by atoms with Crippen molar-refractivity contribution in [3.8, 4) is 0 Å². The molecule has 1 fully saturated rings. The van der Waals surface area contributed by atoms with Crippen molar-refractivity contribution in [3.63, 3.8) is 0 Å². The van der Waals surface area contributed by atoms with Crippen molar-refractivity contribution in [2.24, 2.45) is 4.99 Å². The molecule has 0 spiro atoms. The molecule has 23 heavy (non-hydrogen) atoms. The van der Waals surface area contributed by atoms with Gasteiger partial charge in [0.1, 0.15) is 17.3 Å². The lowest BCUT2D eigenvalue weighted by Crippen LogP contribution is -2.51. The number of fused-ring (bicyclic) bond motifs is 1. The van der Waals surface area contributed by atoms with E-state index in [1.807, 2.05) is 6.92 Å². The third kappa shape index (κ3) is 2.49. The quantitative estimate of drug-likeness (QED) is 0.786. The first-order chi connectivity index (χ1) is 11.1. The van der Waals surface area contributed by atoms with Crippen molar-refractivity contribution >= 4 is 22.1 Å². The Labute approximate surface area is 143 Å². The van der Waals surface area contributed by atoms with Gasteiger partial charge in [0.25, 0.3) is 0 Å². The van der Waals surface area contributed by atoms with E-state index in [4.69, 9.17) is 0 Å². The average molecular weight is 373 g/mol. The average Bonchev–Trinajstić information content (AvgIpc) is 2.52. The molecule has 0 aromatic heterocycles. The van der Waals surface area contributed by atoms with Crippen LogP contribution in [0.1, 0.15) is 31.2 Å². The molecule has 1 unspecified atom stereocenters. The van der Waals surface area contributed by atoms with Crippen LogP contribution in [0.25, 0.3) is 6.20 Å². The Morgan fingerprint density at radius 3 is 2.61 bits per heavy atom. The molecule has 4 heteroatoms. The van der Waals surface area contributed by atoms with Crippen LogP contribution in [0.2, 0.25) is 0 Å². The first kappa shape index (κ1) is 14.9. The highest BCUT2D eigenvalue weighted by Crippen LogP contribution is 2.41. The van der Waals surface area contributed by atoms with Crippen molar-refractivity contribution in [2.45, 2.75) is 37.9 Å². The summed E-state index contributed by atoms with van der Waals surface area (Å²) in [6, 6.07) is 14.3. The highest BCUT2D eigenvalue weighted by atomic mass is 79.9. The lowest BCUT2D eigenvalue weighted by Gasteiger charge is -2.46. The van der Waals surface area contributed by atoms with Gasteiger partial charge in [-0.25, -0.2) is 4.39 Å². The molecule has 2 aromatic rings. The van der Waals surface area contributed by atoms with Gasteiger partial charge in [0.05, 0.1) is 0 Å². The van der Waals surface area contributed by atoms with E-state index >= 15 is 0 Å². The summed E-state index contributed by atoms with van der Waals surface area (Å²) in [6.07, 6.45) is 4.39. The summed E-state index contributed by atoms with van der Waals surface area (Å²) in [5.74, 6) is 0.276. The van der Waals surface area contributed by atoms with Crippen LogP contribution in [-0.2, 0) is 0 Å². The van der Waals surface area contributed by atoms with Gasteiger partial charge in [0.2, 0.25) is 0 Å². The molecule has 2 aliphatic rings. The van der Waals surface area contributed by atoms with Gasteiger partial charge < -0.3 is 4.90 Å². The maximum atomic E-state index is 14.0. The predicted molar refractivity (Wildman–Crippen MR) is 92.9 cm³/mol. The number of hydrogen-bond acceptors (Lipinski definition) is 2. The summed E-state index contributed by atoms with van der Waals surface area (Å²) in [5.41, 5.74) is 1.38. The van der Waals surface area contributed by atoms with Crippen molar-refractivity contribution in [1.29, 1.82) is 0 Å². The largest absolute Gasteiger partial charge is 0.352 e. The topological polar surface area (TPSA) is 15.6 Å². The summed E-state index contributed by atoms with van der Waals surface area (Å²) in [6.45, 7) is 2.04. The second-order valence-corrected chi connectivity index (χ2v) is 7.14. The van der Waals surface area contributed by atoms with E-state index in [0.29, 0.717) is 17.3 Å². The normalized spacial score (nSPS) is 25.9. The molecule has 0 amide bonds. The number of rotatable bonds is 2. The van der Waals surface area contributed by atoms with Crippen LogP contribution in [0, 0.1) is 5.82 Å². The van der Waals surface area contributed by atoms with Crippen molar-refractivity contribution in [3.05, 3.63) is 68.9 Å². The summed E-state index contributed by atoms with van der Waals surface area (Å²) < 4.78 is 14.9. The van der Waals surface area contributed by atoms with Crippen LogP contribution in [0.3, 0.4) is 0 Å². The van der Waals surface area contributed by atoms with Gasteiger partial charge in [-0.15, -0.1) is 0 Å². The maximum Gasteiger partial charge on any atom is 0.149 e. The SMILES string of the molecule is CC1N=c2c(F)ccc(Br)c2=CN1[C@H]1CC[C@@H]1c1ccccc1. The third-order valence-corrected chi connectivity index (χ3v) is 5.68. The summed E-state index contributed by atoms with van der Waals surface area (Å²) in [5, 5.41) is 1.32. The fourth-order valence-corrected chi connectivity index (χ4v) is 4.04. The Morgan fingerprint density at radius 1 is 1.13 bits per heavy atom. The van der Waals surface area contributed by atoms with Crippen LogP contribution >= 0.6 is 15.9 Å². The fraction of sp³-hybridized carbons (Fsp3) is 0.316. The van der Waals surface area contributed by atoms with Crippen LogP contribution in [0.4, 0.5) is 4.39 Å². The predicted octanol–water partition coefficient (Wildman–Crippen LogP) is 3.55. The molecule has 2 nitrogen and oxygen atoms in total. The molecule has 0 radical (unpaired) electrons. The first-order valence-corrected chi connectivity index (χ1v) is 8.80. The second kappa shape index (κ2) is 5.75. The van der Waals surface area contributed by atoms with Crippen LogP contribution in [-0.4, -0.2) is 17.1 Å². The van der Waals surface area contributed by atoms with E-state index in [2.05, 4.69) is 62.4 Å². The lowest BCUT2D eigenvalue weighted by atomic mass is 9.74. The third-order valence-electron chi connectivity index (χ3n) is 4.99. The Morgan fingerprint density at radius 2 is 1.91 bits per heavy atom. The molecule has 1 saturated carbocycles. The van der Waals surface area contributed by atoms with Crippen molar-refractivity contribution in [2.75, 3.05) is 0 Å². The monoisotopic (exact) mass is 372 g/mol. The van der Waals surface area contributed by atoms with Gasteiger partial charge in [-0.05, 0) is 37.5 Å². The van der Waals surface area contributed by atoms with E-state index in [9.17, 15) is 4.39 Å². The molecule has 1 aliphatic carbocycles. The molecule has 4 rings (SSSR count). The minimum atomic E-state index is -0.251. The van der Waals surface area contributed by atoms with E-state index in [-0.39, 0.29) is 12.0 Å². The fourth-order valence-electron chi connectivity index (χ4n) is 3.62. The van der Waals surface area contributed by atoms with Crippen LogP contribution in [0.15, 0.2) is 51.9 Å². The molecule has 0 N–H and O–H groups in total. The summed E-state index contributed by atoms with van der Waals surface area (Å²) in [7, 11) is 0. The second-order valence-electron chi connectivity index (χ2n) is 6.29. The smallest absolute Gasteiger partial charge is 0.149 e. The molecule has 118 valence electrons. The minimum Gasteiger partial charge on any atom is -0.352 e. The van der Waals surface area contributed by atoms with Gasteiger partial charge in [0.15, 0.2) is 0 Å². The number of nitrogens with zero attached hydrogens (tertiary/aromatic N) is 2. The van der Waals surface area contributed by atoms with Crippen molar-refractivity contribution in [1.82, 2.24) is 4.90 Å².